The van der Waals surface area contributed by atoms with Gasteiger partial charge in [-0.05, 0) is 70.2 Å². The van der Waals surface area contributed by atoms with Gasteiger partial charge in [-0.15, -0.1) is 0 Å². The topological polar surface area (TPSA) is 21.3 Å². The van der Waals surface area contributed by atoms with Crippen molar-refractivity contribution in [1.82, 2.24) is 5.32 Å². The smallest absolute Gasteiger partial charge is 0.119 e. The maximum absolute atomic E-state index is 5.66. The van der Waals surface area contributed by atoms with E-state index < -0.39 is 0 Å². The summed E-state index contributed by atoms with van der Waals surface area (Å²) in [5.74, 6) is 0.981. The molecule has 112 valence electrons. The normalized spacial score (nSPS) is 14.8. The number of benzene rings is 1. The molecule has 0 radical (unpaired) electrons. The van der Waals surface area contributed by atoms with Crippen LogP contribution in [0.3, 0.4) is 0 Å². The third-order valence-corrected chi connectivity index (χ3v) is 3.70. The van der Waals surface area contributed by atoms with Gasteiger partial charge in [-0.25, -0.2) is 0 Å². The molecule has 2 nitrogen and oxygen atoms in total. The van der Waals surface area contributed by atoms with Crippen molar-refractivity contribution in [1.29, 1.82) is 0 Å². The van der Waals surface area contributed by atoms with Crippen molar-refractivity contribution in [3.63, 3.8) is 0 Å². The van der Waals surface area contributed by atoms with Crippen molar-refractivity contribution in [3.8, 4) is 5.75 Å². The zero-order valence-electron chi connectivity index (χ0n) is 13.0. The summed E-state index contributed by atoms with van der Waals surface area (Å²) in [5, 5.41) is 3.57. The van der Waals surface area contributed by atoms with Gasteiger partial charge in [0.05, 0.1) is 6.10 Å². The molecule has 1 aliphatic carbocycles. The zero-order chi connectivity index (χ0) is 14.2. The van der Waals surface area contributed by atoms with Crippen LogP contribution in [0.15, 0.2) is 24.3 Å². The van der Waals surface area contributed by atoms with Crippen LogP contribution >= 0.6 is 0 Å². The average Bonchev–Trinajstić information content (AvgIpc) is 3.23. The Kier molecular flexibility index (Phi) is 6.38. The maximum atomic E-state index is 5.66. The lowest BCUT2D eigenvalue weighted by atomic mass is 10.1. The van der Waals surface area contributed by atoms with Gasteiger partial charge in [0.1, 0.15) is 5.75 Å². The lowest BCUT2D eigenvalue weighted by Crippen LogP contribution is -2.17. The molecular formula is C18H29NO. The Morgan fingerprint density at radius 2 is 1.75 bits per heavy atom. The first-order chi connectivity index (χ1) is 9.74. The van der Waals surface area contributed by atoms with E-state index in [0.29, 0.717) is 0 Å². The van der Waals surface area contributed by atoms with E-state index in [1.54, 1.807) is 0 Å². The fraction of sp³-hybridized carbons (Fsp3) is 0.667. The number of unbranched alkanes of at least 4 members (excludes halogenated alkanes) is 3. The molecule has 0 aliphatic heterocycles. The van der Waals surface area contributed by atoms with Crippen molar-refractivity contribution >= 4 is 0 Å². The summed E-state index contributed by atoms with van der Waals surface area (Å²) in [7, 11) is 0. The predicted octanol–water partition coefficient (Wildman–Crippen LogP) is 4.33. The summed E-state index contributed by atoms with van der Waals surface area (Å²) < 4.78 is 5.66. The van der Waals surface area contributed by atoms with E-state index in [1.165, 1.54) is 57.1 Å². The first-order valence-electron chi connectivity index (χ1n) is 8.23. The molecule has 0 amide bonds. The minimum absolute atomic E-state index is 0.255. The Hall–Kier alpha value is -1.02. The number of hydrogen-bond acceptors (Lipinski definition) is 2. The number of aryl methyl sites for hydroxylation is 1. The van der Waals surface area contributed by atoms with Crippen molar-refractivity contribution < 1.29 is 4.74 Å². The SMILES string of the molecule is CC(C)Oc1ccc(CCCCCCNC2CC2)cc1. The third kappa shape index (κ3) is 6.42. The van der Waals surface area contributed by atoms with E-state index in [-0.39, 0.29) is 6.10 Å². The lowest BCUT2D eigenvalue weighted by Gasteiger charge is -2.10. The quantitative estimate of drug-likeness (QED) is 0.642. The summed E-state index contributed by atoms with van der Waals surface area (Å²) >= 11 is 0. The van der Waals surface area contributed by atoms with Gasteiger partial charge in [-0.3, -0.25) is 0 Å². The van der Waals surface area contributed by atoms with Crippen LogP contribution in [0.1, 0.15) is 57.9 Å². The molecule has 0 aromatic heterocycles. The molecule has 0 bridgehead atoms. The summed E-state index contributed by atoms with van der Waals surface area (Å²) in [5.41, 5.74) is 1.43. The van der Waals surface area contributed by atoms with Gasteiger partial charge < -0.3 is 10.1 Å². The molecule has 0 heterocycles. The number of nitrogens with one attached hydrogen (secondary N) is 1. The third-order valence-electron chi connectivity index (χ3n) is 3.70. The predicted molar refractivity (Wildman–Crippen MR) is 85.4 cm³/mol. The zero-order valence-corrected chi connectivity index (χ0v) is 13.0. The van der Waals surface area contributed by atoms with Crippen LogP contribution < -0.4 is 10.1 Å². The molecule has 0 atom stereocenters. The summed E-state index contributed by atoms with van der Waals surface area (Å²) in [6, 6.07) is 9.45. The van der Waals surface area contributed by atoms with E-state index in [0.717, 1.165) is 11.8 Å². The standard InChI is InChI=1S/C18H29NO/c1-15(2)20-18-12-8-16(9-13-18)7-5-3-4-6-14-19-17-10-11-17/h8-9,12-13,15,17,19H,3-7,10-11,14H2,1-2H3. The Morgan fingerprint density at radius 1 is 1.05 bits per heavy atom. The molecule has 0 unspecified atom stereocenters. The minimum atomic E-state index is 0.255. The molecule has 1 aromatic carbocycles. The van der Waals surface area contributed by atoms with Crippen LogP contribution in [0.2, 0.25) is 0 Å². The highest BCUT2D eigenvalue weighted by Crippen LogP contribution is 2.18. The fourth-order valence-corrected chi connectivity index (χ4v) is 2.41. The highest BCUT2D eigenvalue weighted by atomic mass is 16.5. The van der Waals surface area contributed by atoms with E-state index in [1.807, 2.05) is 0 Å². The van der Waals surface area contributed by atoms with Crippen LogP contribution in [-0.2, 0) is 6.42 Å². The van der Waals surface area contributed by atoms with Crippen LogP contribution in [-0.4, -0.2) is 18.7 Å². The van der Waals surface area contributed by atoms with Crippen molar-refractivity contribution in [3.05, 3.63) is 29.8 Å². The van der Waals surface area contributed by atoms with Gasteiger partial charge in [0.25, 0.3) is 0 Å². The maximum Gasteiger partial charge on any atom is 0.119 e. The van der Waals surface area contributed by atoms with Crippen LogP contribution in [0.25, 0.3) is 0 Å². The largest absolute Gasteiger partial charge is 0.491 e. The van der Waals surface area contributed by atoms with Gasteiger partial charge in [0.2, 0.25) is 0 Å². The van der Waals surface area contributed by atoms with Gasteiger partial charge in [-0.2, -0.15) is 0 Å². The summed E-state index contributed by atoms with van der Waals surface area (Å²) in [6.45, 7) is 5.34. The van der Waals surface area contributed by atoms with Gasteiger partial charge in [-0.1, -0.05) is 25.0 Å². The molecule has 2 heteroatoms. The second-order valence-corrected chi connectivity index (χ2v) is 6.20. The molecule has 2 rings (SSSR count). The highest BCUT2D eigenvalue weighted by Gasteiger charge is 2.19. The van der Waals surface area contributed by atoms with E-state index in [9.17, 15) is 0 Å². The Balaban J connectivity index is 1.52. The Morgan fingerprint density at radius 3 is 2.40 bits per heavy atom. The van der Waals surface area contributed by atoms with Crippen LogP contribution in [0, 0.1) is 0 Å². The van der Waals surface area contributed by atoms with E-state index in [4.69, 9.17) is 4.74 Å². The number of ether oxygens (including phenoxy) is 1. The highest BCUT2D eigenvalue weighted by molar-refractivity contribution is 5.27. The molecule has 1 aliphatic rings. The summed E-state index contributed by atoms with van der Waals surface area (Å²) in [6.07, 6.45) is 9.58. The molecule has 0 saturated heterocycles. The van der Waals surface area contributed by atoms with Gasteiger partial charge in [0, 0.05) is 6.04 Å². The molecule has 1 fully saturated rings. The second kappa shape index (κ2) is 8.31. The first kappa shape index (κ1) is 15.4. The molecule has 20 heavy (non-hydrogen) atoms. The first-order valence-corrected chi connectivity index (χ1v) is 8.23. The van der Waals surface area contributed by atoms with E-state index in [2.05, 4.69) is 43.4 Å². The molecule has 0 spiro atoms. The second-order valence-electron chi connectivity index (χ2n) is 6.20. The van der Waals surface area contributed by atoms with Crippen molar-refractivity contribution in [2.24, 2.45) is 0 Å². The van der Waals surface area contributed by atoms with Gasteiger partial charge in [0.15, 0.2) is 0 Å². The summed E-state index contributed by atoms with van der Waals surface area (Å²) in [4.78, 5) is 0. The molecular weight excluding hydrogens is 246 g/mol. The minimum Gasteiger partial charge on any atom is -0.491 e. The van der Waals surface area contributed by atoms with E-state index >= 15 is 0 Å². The Labute approximate surface area is 123 Å². The van der Waals surface area contributed by atoms with Crippen LogP contribution in [0.4, 0.5) is 0 Å². The average molecular weight is 275 g/mol. The molecule has 1 saturated carbocycles. The Bertz CT molecular complexity index is 368. The lowest BCUT2D eigenvalue weighted by molar-refractivity contribution is 0.242. The van der Waals surface area contributed by atoms with Crippen molar-refractivity contribution in [2.45, 2.75) is 70.9 Å². The monoisotopic (exact) mass is 275 g/mol. The fourth-order valence-electron chi connectivity index (χ4n) is 2.41. The number of hydrogen-bond donors (Lipinski definition) is 1. The molecule has 1 aromatic rings. The van der Waals surface area contributed by atoms with Gasteiger partial charge >= 0.3 is 0 Å². The van der Waals surface area contributed by atoms with Crippen molar-refractivity contribution in [2.75, 3.05) is 6.54 Å². The number of rotatable bonds is 10. The van der Waals surface area contributed by atoms with Crippen LogP contribution in [0.5, 0.6) is 5.75 Å². The molecule has 1 N–H and O–H groups in total.